The Bertz CT molecular complexity index is 796. The number of nitrogens with one attached hydrogen (secondary N) is 2. The lowest BCUT2D eigenvalue weighted by atomic mass is 10.0. The molecule has 7 nitrogen and oxygen atoms in total. The Kier molecular flexibility index (Phi) is 9.57. The van der Waals surface area contributed by atoms with E-state index >= 15 is 0 Å². The number of rotatable bonds is 7. The van der Waals surface area contributed by atoms with Gasteiger partial charge in [-0.2, -0.15) is 11.8 Å². The van der Waals surface area contributed by atoms with Crippen LogP contribution in [0.25, 0.3) is 0 Å². The van der Waals surface area contributed by atoms with Gasteiger partial charge in [-0.3, -0.25) is 14.8 Å². The first-order chi connectivity index (χ1) is 13.3. The Morgan fingerprint density at radius 1 is 1.25 bits per heavy atom. The van der Waals surface area contributed by atoms with Crippen molar-refractivity contribution in [3.05, 3.63) is 35.4 Å². The lowest BCUT2D eigenvalue weighted by Gasteiger charge is -2.31. The van der Waals surface area contributed by atoms with Gasteiger partial charge in [0.25, 0.3) is 11.8 Å². The number of hydroxylamine groups is 1. The van der Waals surface area contributed by atoms with Crippen LogP contribution in [0.2, 0.25) is 0 Å². The number of thioether (sulfide) groups is 1. The minimum atomic E-state index is -0.921. The number of aliphatic hydroxyl groups is 1. The summed E-state index contributed by atoms with van der Waals surface area (Å²) in [6.45, 7) is 3.38. The van der Waals surface area contributed by atoms with Crippen molar-refractivity contribution in [2.45, 2.75) is 30.7 Å². The van der Waals surface area contributed by atoms with E-state index in [0.29, 0.717) is 11.1 Å². The summed E-state index contributed by atoms with van der Waals surface area (Å²) in [6, 6.07) is 5.56. The Hall–Kier alpha value is -2.49. The van der Waals surface area contributed by atoms with Crippen molar-refractivity contribution < 1.29 is 24.6 Å². The number of carbonyl (C=O) groups excluding carboxylic acids is 2. The van der Waals surface area contributed by atoms with Gasteiger partial charge in [-0.05, 0) is 56.2 Å². The van der Waals surface area contributed by atoms with E-state index in [2.05, 4.69) is 29.0 Å². The molecule has 28 heavy (non-hydrogen) atoms. The normalized spacial score (nSPS) is 12.5. The largest absolute Gasteiger partial charge is 0.393 e. The quantitative estimate of drug-likeness (QED) is 0.304. The van der Waals surface area contributed by atoms with E-state index in [1.165, 1.54) is 18.9 Å². The Balaban J connectivity index is 2.87. The number of hydrogen-bond donors (Lipinski definition) is 4. The van der Waals surface area contributed by atoms with Crippen molar-refractivity contribution in [2.75, 3.05) is 20.0 Å². The molecule has 0 spiro atoms. The van der Waals surface area contributed by atoms with Crippen LogP contribution in [0.4, 0.5) is 0 Å². The maximum Gasteiger partial charge on any atom is 0.267 e. The first-order valence-corrected chi connectivity index (χ1v) is 9.56. The van der Waals surface area contributed by atoms with Crippen LogP contribution in [0.3, 0.4) is 0 Å². The molecule has 2 amide bonds. The molecule has 0 saturated heterocycles. The van der Waals surface area contributed by atoms with Gasteiger partial charge in [-0.15, -0.1) is 0 Å². The number of benzene rings is 1. The molecule has 0 aliphatic rings. The highest BCUT2D eigenvalue weighted by molar-refractivity contribution is 8.00. The maximum absolute atomic E-state index is 12.5. The van der Waals surface area contributed by atoms with Crippen molar-refractivity contribution in [1.29, 1.82) is 0 Å². The summed E-state index contributed by atoms with van der Waals surface area (Å²) in [5.41, 5.74) is 2.60. The highest BCUT2D eigenvalue weighted by Gasteiger charge is 2.36. The summed E-state index contributed by atoms with van der Waals surface area (Å²) in [5, 5.41) is 20.5. The third-order valence-corrected chi connectivity index (χ3v) is 5.26. The summed E-state index contributed by atoms with van der Waals surface area (Å²) in [4.78, 5) is 24.4. The molecular formula is C20H24N2O5S. The molecule has 0 aliphatic heterocycles. The number of ether oxygens (including phenoxy) is 1. The third-order valence-electron chi connectivity index (χ3n) is 3.97. The Morgan fingerprint density at radius 3 is 2.39 bits per heavy atom. The molecule has 0 aliphatic carbocycles. The number of amides is 2. The number of aliphatic hydroxyl groups excluding tert-OH is 1. The molecule has 0 fully saturated rings. The van der Waals surface area contributed by atoms with Gasteiger partial charge in [0.1, 0.15) is 12.1 Å². The van der Waals surface area contributed by atoms with Gasteiger partial charge in [-0.25, -0.2) is 5.48 Å². The summed E-state index contributed by atoms with van der Waals surface area (Å²) in [7, 11) is 1.45. The first-order valence-electron chi connectivity index (χ1n) is 8.34. The van der Waals surface area contributed by atoms with E-state index in [9.17, 15) is 9.59 Å². The van der Waals surface area contributed by atoms with Gasteiger partial charge in [0.2, 0.25) is 0 Å². The zero-order chi connectivity index (χ0) is 21.2. The number of hydrogen-bond acceptors (Lipinski definition) is 6. The third kappa shape index (κ3) is 6.91. The molecule has 150 valence electrons. The average molecular weight is 404 g/mol. The topological polar surface area (TPSA) is 108 Å². The number of methoxy groups -OCH3 is 1. The second-order valence-electron chi connectivity index (χ2n) is 6.19. The molecule has 0 heterocycles. The standard InChI is InChI=1S/C20H24N2O5S/c1-20(2,28-4)17(19(25)22-26)21-18(24)15-11-9-14(10-12-15)7-5-6-8-16(13-23)27-3/h9-12,16-17,23,26H,13H2,1-4H3,(H,21,24)(H,22,25). The average Bonchev–Trinajstić information content (AvgIpc) is 2.71. The molecular weight excluding hydrogens is 380 g/mol. The lowest BCUT2D eigenvalue weighted by molar-refractivity contribution is -0.131. The molecule has 1 aromatic carbocycles. The molecule has 2 unspecified atom stereocenters. The summed E-state index contributed by atoms with van der Waals surface area (Å²) in [5.74, 6) is 9.59. The van der Waals surface area contributed by atoms with Crippen LogP contribution >= 0.6 is 11.8 Å². The zero-order valence-electron chi connectivity index (χ0n) is 16.2. The monoisotopic (exact) mass is 404 g/mol. The van der Waals surface area contributed by atoms with Gasteiger partial charge < -0.3 is 15.2 Å². The number of carbonyl (C=O) groups is 2. The van der Waals surface area contributed by atoms with Gasteiger partial charge >= 0.3 is 0 Å². The summed E-state index contributed by atoms with van der Waals surface area (Å²) in [6.07, 6.45) is 1.24. The van der Waals surface area contributed by atoms with E-state index in [4.69, 9.17) is 15.1 Å². The molecule has 0 bridgehead atoms. The van der Waals surface area contributed by atoms with E-state index in [0.717, 1.165) is 0 Å². The van der Waals surface area contributed by atoms with E-state index in [1.54, 1.807) is 43.6 Å². The second-order valence-corrected chi connectivity index (χ2v) is 7.65. The molecule has 8 heteroatoms. The van der Waals surface area contributed by atoms with E-state index in [1.807, 2.05) is 6.26 Å². The first kappa shape index (κ1) is 23.5. The van der Waals surface area contributed by atoms with Crippen molar-refractivity contribution >= 4 is 23.6 Å². The Labute approximate surface area is 169 Å². The Morgan fingerprint density at radius 2 is 1.89 bits per heavy atom. The van der Waals surface area contributed by atoms with Crippen molar-refractivity contribution in [3.63, 3.8) is 0 Å². The SMILES string of the molecule is COC(C#CC#Cc1ccc(C(=O)NC(C(=O)NO)C(C)(C)SC)cc1)CO. The van der Waals surface area contributed by atoms with Gasteiger partial charge in [0.15, 0.2) is 0 Å². The van der Waals surface area contributed by atoms with Crippen LogP contribution in [0.15, 0.2) is 24.3 Å². The fraction of sp³-hybridized carbons (Fsp3) is 0.400. The molecule has 4 N–H and O–H groups in total. The van der Waals surface area contributed by atoms with Crippen LogP contribution in [0, 0.1) is 23.7 Å². The predicted molar refractivity (Wildman–Crippen MR) is 108 cm³/mol. The second kappa shape index (κ2) is 11.4. The van der Waals surface area contributed by atoms with Crippen LogP contribution < -0.4 is 10.8 Å². The fourth-order valence-corrected chi connectivity index (χ4v) is 2.46. The molecule has 0 radical (unpaired) electrons. The zero-order valence-corrected chi connectivity index (χ0v) is 17.0. The lowest BCUT2D eigenvalue weighted by Crippen LogP contribution is -2.55. The van der Waals surface area contributed by atoms with Gasteiger partial charge in [-0.1, -0.05) is 11.8 Å². The van der Waals surface area contributed by atoms with Crippen LogP contribution in [0.5, 0.6) is 0 Å². The predicted octanol–water partition coefficient (Wildman–Crippen LogP) is 0.794. The van der Waals surface area contributed by atoms with Gasteiger partial charge in [0, 0.05) is 23.0 Å². The van der Waals surface area contributed by atoms with Crippen LogP contribution in [-0.4, -0.2) is 59.0 Å². The minimum absolute atomic E-state index is 0.211. The minimum Gasteiger partial charge on any atom is -0.393 e. The van der Waals surface area contributed by atoms with Crippen LogP contribution in [0.1, 0.15) is 29.8 Å². The van der Waals surface area contributed by atoms with Crippen LogP contribution in [-0.2, 0) is 9.53 Å². The van der Waals surface area contributed by atoms with Crippen molar-refractivity contribution in [3.8, 4) is 23.7 Å². The molecule has 1 aromatic rings. The maximum atomic E-state index is 12.5. The van der Waals surface area contributed by atoms with Crippen molar-refractivity contribution in [2.24, 2.45) is 0 Å². The summed E-state index contributed by atoms with van der Waals surface area (Å²) < 4.78 is 4.28. The fourth-order valence-electron chi connectivity index (χ4n) is 2.06. The highest BCUT2D eigenvalue weighted by atomic mass is 32.2. The molecule has 2 atom stereocenters. The highest BCUT2D eigenvalue weighted by Crippen LogP contribution is 2.26. The van der Waals surface area contributed by atoms with E-state index < -0.39 is 28.7 Å². The molecule has 1 rings (SSSR count). The van der Waals surface area contributed by atoms with Gasteiger partial charge in [0.05, 0.1) is 6.61 Å². The van der Waals surface area contributed by atoms with E-state index in [-0.39, 0.29) is 6.61 Å². The molecule has 0 saturated carbocycles. The molecule has 0 aromatic heterocycles. The van der Waals surface area contributed by atoms with Crippen molar-refractivity contribution in [1.82, 2.24) is 10.8 Å². The summed E-state index contributed by atoms with van der Waals surface area (Å²) >= 11 is 1.39. The smallest absolute Gasteiger partial charge is 0.267 e.